The highest BCUT2D eigenvalue weighted by Crippen LogP contribution is 2.35. The second kappa shape index (κ2) is 7.45. The molecule has 0 spiro atoms. The third kappa shape index (κ3) is 4.41. The number of cyclic esters (lactones) is 1. The highest BCUT2D eigenvalue weighted by atomic mass is 19.4. The minimum atomic E-state index is -4.76. The number of carbonyl (C=O) groups is 2. The number of aromatic nitrogens is 2. The van der Waals surface area contributed by atoms with Gasteiger partial charge in [0.1, 0.15) is 0 Å². The molecule has 142 valence electrons. The Balaban J connectivity index is 0.000000313. The van der Waals surface area contributed by atoms with Gasteiger partial charge in [-0.3, -0.25) is 9.48 Å². The zero-order chi connectivity index (χ0) is 20.4. The van der Waals surface area contributed by atoms with Crippen molar-refractivity contribution in [2.75, 3.05) is 4.90 Å². The summed E-state index contributed by atoms with van der Waals surface area (Å²) < 4.78 is 56.3. The van der Waals surface area contributed by atoms with Crippen LogP contribution < -0.4 is 4.90 Å². The number of nitrogens with zero attached hydrogens (tertiary/aromatic N) is 4. The van der Waals surface area contributed by atoms with Crippen molar-refractivity contribution in [2.24, 2.45) is 7.05 Å². The van der Waals surface area contributed by atoms with Crippen molar-refractivity contribution in [2.45, 2.75) is 19.2 Å². The smallest absolute Gasteiger partial charge is 0.422 e. The summed E-state index contributed by atoms with van der Waals surface area (Å²) in [4.78, 5) is 23.6. The number of rotatable bonds is 1. The Morgan fingerprint density at radius 1 is 1.30 bits per heavy atom. The number of ether oxygens (including phenoxy) is 1. The molecule has 1 atom stereocenters. The molecule has 1 aliphatic heterocycles. The predicted molar refractivity (Wildman–Crippen MR) is 82.8 cm³/mol. The normalized spacial score (nSPS) is 16.5. The van der Waals surface area contributed by atoms with Gasteiger partial charge in [0.2, 0.25) is 0 Å². The number of imide groups is 1. The Bertz CT molecular complexity index is 901. The fourth-order valence-electron chi connectivity index (χ4n) is 2.15. The van der Waals surface area contributed by atoms with Crippen LogP contribution in [0.2, 0.25) is 0 Å². The minimum absolute atomic E-state index is 0.282. The van der Waals surface area contributed by atoms with E-state index in [2.05, 4.69) is 9.84 Å². The Kier molecular flexibility index (Phi) is 5.49. The lowest BCUT2D eigenvalue weighted by atomic mass is 10.1. The fraction of sp³-hybridized carbons (Fsp3) is 0.250. The highest BCUT2D eigenvalue weighted by Gasteiger charge is 2.41. The fourth-order valence-corrected chi connectivity index (χ4v) is 2.15. The van der Waals surface area contributed by atoms with E-state index in [1.165, 1.54) is 30.1 Å². The third-order valence-corrected chi connectivity index (χ3v) is 3.39. The second-order valence-electron chi connectivity index (χ2n) is 5.37. The van der Waals surface area contributed by atoms with Crippen molar-refractivity contribution in [1.29, 1.82) is 5.26 Å². The van der Waals surface area contributed by atoms with E-state index in [0.29, 0.717) is 11.0 Å². The zero-order valence-corrected chi connectivity index (χ0v) is 14.0. The molecule has 0 bridgehead atoms. The number of anilines is 1. The van der Waals surface area contributed by atoms with Crippen LogP contribution in [-0.4, -0.2) is 27.9 Å². The molecule has 27 heavy (non-hydrogen) atoms. The molecular formula is C16H12F4N4O3. The number of carbonyl (C=O) groups excluding carboxylic acids is 2. The lowest BCUT2D eigenvalue weighted by molar-refractivity contribution is -0.137. The number of hydrogen-bond acceptors (Lipinski definition) is 5. The lowest BCUT2D eigenvalue weighted by Gasteiger charge is -2.15. The number of aryl methyl sites for hydroxylation is 1. The lowest BCUT2D eigenvalue weighted by Crippen LogP contribution is -2.30. The van der Waals surface area contributed by atoms with Gasteiger partial charge in [0.15, 0.2) is 11.9 Å². The summed E-state index contributed by atoms with van der Waals surface area (Å²) in [7, 11) is 1.67. The van der Waals surface area contributed by atoms with E-state index >= 15 is 0 Å². The maximum atomic E-state index is 12.8. The summed E-state index contributed by atoms with van der Waals surface area (Å²) >= 11 is 0. The van der Waals surface area contributed by atoms with Crippen molar-refractivity contribution >= 4 is 17.7 Å². The second-order valence-corrected chi connectivity index (χ2v) is 5.37. The van der Waals surface area contributed by atoms with Crippen LogP contribution in [0.5, 0.6) is 0 Å². The first-order valence-corrected chi connectivity index (χ1v) is 7.34. The van der Waals surface area contributed by atoms with Gasteiger partial charge in [-0.1, -0.05) is 0 Å². The number of halogens is 4. The molecule has 1 unspecified atom stereocenters. The van der Waals surface area contributed by atoms with Crippen LogP contribution in [0.4, 0.5) is 28.0 Å². The van der Waals surface area contributed by atoms with Crippen LogP contribution in [0.3, 0.4) is 0 Å². The summed E-state index contributed by atoms with van der Waals surface area (Å²) in [5, 5.41) is 12.2. The first-order chi connectivity index (χ1) is 12.5. The standard InChI is InChI=1S/C12H7F3N2O3.C4H5FN2/c1-6-10(18)17(11(19)20-6)8-3-2-7(5-16)9(4-8)12(13,14)15;1-7-3-4(5)2-6-7/h2-4,6H,1H3;2-3H,1H3. The van der Waals surface area contributed by atoms with Gasteiger partial charge in [-0.25, -0.2) is 14.1 Å². The molecule has 0 saturated carbocycles. The van der Waals surface area contributed by atoms with Crippen molar-refractivity contribution in [1.82, 2.24) is 9.78 Å². The van der Waals surface area contributed by atoms with Gasteiger partial charge in [0, 0.05) is 7.05 Å². The molecule has 0 N–H and O–H groups in total. The molecule has 2 amide bonds. The SMILES string of the molecule is CC1OC(=O)N(c2ccc(C#N)c(C(F)(F)F)c2)C1=O.Cn1cc(F)cn1. The van der Waals surface area contributed by atoms with Crippen LogP contribution in [0, 0.1) is 17.1 Å². The summed E-state index contributed by atoms with van der Waals surface area (Å²) in [5.41, 5.74) is -2.08. The van der Waals surface area contributed by atoms with Crippen LogP contribution in [0.25, 0.3) is 0 Å². The number of alkyl halides is 3. The quantitative estimate of drug-likeness (QED) is 0.706. The first kappa shape index (κ1) is 19.9. The van der Waals surface area contributed by atoms with Gasteiger partial charge in [0.25, 0.3) is 5.91 Å². The van der Waals surface area contributed by atoms with Crippen LogP contribution in [0.15, 0.2) is 30.6 Å². The van der Waals surface area contributed by atoms with Crippen molar-refractivity contribution in [3.63, 3.8) is 0 Å². The zero-order valence-electron chi connectivity index (χ0n) is 14.0. The summed E-state index contributed by atoms with van der Waals surface area (Å²) in [6.07, 6.45) is -4.38. The summed E-state index contributed by atoms with van der Waals surface area (Å²) in [6, 6.07) is 3.98. The maximum absolute atomic E-state index is 12.8. The molecule has 1 saturated heterocycles. The molecule has 2 heterocycles. The van der Waals surface area contributed by atoms with Crippen molar-refractivity contribution in [3.8, 4) is 6.07 Å². The highest BCUT2D eigenvalue weighted by molar-refractivity contribution is 6.18. The number of benzene rings is 1. The Hall–Kier alpha value is -3.42. The van der Waals surface area contributed by atoms with Crippen LogP contribution in [0.1, 0.15) is 18.1 Å². The van der Waals surface area contributed by atoms with E-state index in [0.717, 1.165) is 12.1 Å². The number of hydrogen-bond donors (Lipinski definition) is 0. The average Bonchev–Trinajstić information content (AvgIpc) is 3.08. The van der Waals surface area contributed by atoms with E-state index in [4.69, 9.17) is 5.26 Å². The van der Waals surface area contributed by atoms with Gasteiger partial charge in [-0.2, -0.15) is 23.5 Å². The molecule has 11 heteroatoms. The van der Waals surface area contributed by atoms with Gasteiger partial charge in [-0.15, -0.1) is 0 Å². The Morgan fingerprint density at radius 2 is 1.96 bits per heavy atom. The predicted octanol–water partition coefficient (Wildman–Crippen LogP) is 3.01. The largest absolute Gasteiger partial charge is 0.436 e. The number of nitriles is 1. The first-order valence-electron chi connectivity index (χ1n) is 7.34. The van der Waals surface area contributed by atoms with E-state index in [-0.39, 0.29) is 11.5 Å². The molecular weight excluding hydrogens is 372 g/mol. The molecule has 3 rings (SSSR count). The van der Waals surface area contributed by atoms with Gasteiger partial charge >= 0.3 is 12.3 Å². The molecule has 7 nitrogen and oxygen atoms in total. The molecule has 0 radical (unpaired) electrons. The van der Waals surface area contributed by atoms with Gasteiger partial charge in [0.05, 0.1) is 35.3 Å². The monoisotopic (exact) mass is 384 g/mol. The summed E-state index contributed by atoms with van der Waals surface area (Å²) in [6.45, 7) is 1.31. The minimum Gasteiger partial charge on any atom is -0.436 e. The Morgan fingerprint density at radius 3 is 2.33 bits per heavy atom. The number of amides is 2. The molecule has 1 aromatic carbocycles. The van der Waals surface area contributed by atoms with Gasteiger partial charge < -0.3 is 4.74 Å². The van der Waals surface area contributed by atoms with E-state index in [1.807, 2.05) is 0 Å². The van der Waals surface area contributed by atoms with E-state index < -0.39 is 35.4 Å². The van der Waals surface area contributed by atoms with Crippen molar-refractivity contribution < 1.29 is 31.9 Å². The molecule has 2 aromatic rings. The summed E-state index contributed by atoms with van der Waals surface area (Å²) in [5.74, 6) is -1.05. The van der Waals surface area contributed by atoms with Crippen molar-refractivity contribution in [3.05, 3.63) is 47.5 Å². The third-order valence-electron chi connectivity index (χ3n) is 3.39. The topological polar surface area (TPSA) is 88.2 Å². The van der Waals surface area contributed by atoms with Crippen LogP contribution >= 0.6 is 0 Å². The van der Waals surface area contributed by atoms with E-state index in [1.54, 1.807) is 7.05 Å². The molecule has 1 fully saturated rings. The van der Waals surface area contributed by atoms with Gasteiger partial charge in [-0.05, 0) is 25.1 Å². The van der Waals surface area contributed by atoms with Crippen LogP contribution in [-0.2, 0) is 22.8 Å². The maximum Gasteiger partial charge on any atom is 0.422 e. The molecule has 0 aliphatic carbocycles. The molecule has 1 aromatic heterocycles. The average molecular weight is 384 g/mol. The Labute approximate surface area is 150 Å². The molecule has 1 aliphatic rings. The van der Waals surface area contributed by atoms with E-state index in [9.17, 15) is 27.2 Å².